The molecule has 104 valence electrons. The van der Waals surface area contributed by atoms with E-state index >= 15 is 0 Å². The summed E-state index contributed by atoms with van der Waals surface area (Å²) in [6, 6.07) is 10.0. The average Bonchev–Trinajstić information content (AvgIpc) is 2.45. The first-order valence-corrected chi connectivity index (χ1v) is 6.37. The highest BCUT2D eigenvalue weighted by molar-refractivity contribution is 5.57. The van der Waals surface area contributed by atoms with Crippen molar-refractivity contribution in [1.29, 1.82) is 0 Å². The van der Waals surface area contributed by atoms with Crippen molar-refractivity contribution in [1.82, 2.24) is 0 Å². The van der Waals surface area contributed by atoms with E-state index in [4.69, 9.17) is 14.7 Å². The summed E-state index contributed by atoms with van der Waals surface area (Å²) in [5.74, 6) is 0. The Kier molecular flexibility index (Phi) is 8.34. The predicted octanol–water partition coefficient (Wildman–Crippen LogP) is 3.01. The quantitative estimate of drug-likeness (QED) is 0.322. The third-order valence-electron chi connectivity index (χ3n) is 2.54. The lowest BCUT2D eigenvalue weighted by molar-refractivity contribution is -0.00548. The zero-order valence-electron chi connectivity index (χ0n) is 11.2. The molecule has 4 heteroatoms. The van der Waals surface area contributed by atoms with Crippen LogP contribution in [0.3, 0.4) is 0 Å². The van der Waals surface area contributed by atoms with Crippen molar-refractivity contribution in [2.45, 2.75) is 26.1 Å². The van der Waals surface area contributed by atoms with Gasteiger partial charge in [-0.25, -0.2) is 0 Å². The van der Waals surface area contributed by atoms with Crippen LogP contribution in [0.5, 0.6) is 0 Å². The van der Waals surface area contributed by atoms with E-state index in [-0.39, 0.29) is 12.7 Å². The van der Waals surface area contributed by atoms with Crippen molar-refractivity contribution in [3.05, 3.63) is 48.0 Å². The average molecular weight is 263 g/mol. The number of oxime groups is 1. The first-order chi connectivity index (χ1) is 9.36. The van der Waals surface area contributed by atoms with Gasteiger partial charge in [-0.15, -0.1) is 0 Å². The summed E-state index contributed by atoms with van der Waals surface area (Å²) in [7, 11) is 0. The molecule has 1 atom stereocenters. The van der Waals surface area contributed by atoms with Crippen LogP contribution in [0.1, 0.15) is 18.9 Å². The van der Waals surface area contributed by atoms with Crippen molar-refractivity contribution >= 4 is 6.21 Å². The van der Waals surface area contributed by atoms with Crippen molar-refractivity contribution in [3.63, 3.8) is 0 Å². The number of hydrogen-bond acceptors (Lipinski definition) is 4. The molecule has 1 aromatic rings. The van der Waals surface area contributed by atoms with Gasteiger partial charge in [-0.2, -0.15) is 0 Å². The maximum Gasteiger partial charge on any atom is 0.0857 e. The van der Waals surface area contributed by atoms with Crippen LogP contribution >= 0.6 is 0 Å². The second kappa shape index (κ2) is 10.3. The normalized spacial score (nSPS) is 13.3. The van der Waals surface area contributed by atoms with E-state index in [9.17, 15) is 0 Å². The van der Waals surface area contributed by atoms with Gasteiger partial charge in [0.2, 0.25) is 0 Å². The van der Waals surface area contributed by atoms with E-state index in [1.807, 2.05) is 49.4 Å². The maximum atomic E-state index is 8.32. The summed E-state index contributed by atoms with van der Waals surface area (Å²) in [6.45, 7) is 3.34. The monoisotopic (exact) mass is 263 g/mol. The molecule has 0 radical (unpaired) electrons. The Labute approximate surface area is 114 Å². The van der Waals surface area contributed by atoms with Gasteiger partial charge >= 0.3 is 0 Å². The van der Waals surface area contributed by atoms with Gasteiger partial charge in [0.15, 0.2) is 0 Å². The van der Waals surface area contributed by atoms with Gasteiger partial charge in [0.25, 0.3) is 0 Å². The summed E-state index contributed by atoms with van der Waals surface area (Å²) in [5.41, 5.74) is 1.14. The van der Waals surface area contributed by atoms with Gasteiger partial charge < -0.3 is 14.7 Å². The number of ether oxygens (including phenoxy) is 2. The molecule has 0 heterocycles. The molecule has 19 heavy (non-hydrogen) atoms. The molecular weight excluding hydrogens is 242 g/mol. The van der Waals surface area contributed by atoms with Crippen LogP contribution in [0.15, 0.2) is 47.6 Å². The largest absolute Gasteiger partial charge is 0.411 e. The fourth-order valence-corrected chi connectivity index (χ4v) is 1.57. The van der Waals surface area contributed by atoms with Crippen molar-refractivity contribution in [2.75, 3.05) is 13.2 Å². The molecule has 0 bridgehead atoms. The van der Waals surface area contributed by atoms with Gasteiger partial charge in [-0.3, -0.25) is 0 Å². The summed E-state index contributed by atoms with van der Waals surface area (Å²) >= 11 is 0. The Morgan fingerprint density at radius 2 is 2.11 bits per heavy atom. The number of nitrogens with zero attached hydrogens (tertiary/aromatic N) is 1. The van der Waals surface area contributed by atoms with Gasteiger partial charge in [0.05, 0.1) is 32.1 Å². The highest BCUT2D eigenvalue weighted by atomic mass is 16.5. The van der Waals surface area contributed by atoms with E-state index in [2.05, 4.69) is 5.16 Å². The smallest absolute Gasteiger partial charge is 0.0857 e. The second-order valence-corrected chi connectivity index (χ2v) is 4.06. The van der Waals surface area contributed by atoms with Gasteiger partial charge in [0.1, 0.15) is 0 Å². The minimum absolute atomic E-state index is 0.0297. The minimum atomic E-state index is -0.0297. The fourth-order valence-electron chi connectivity index (χ4n) is 1.57. The van der Waals surface area contributed by atoms with Crippen molar-refractivity contribution < 1.29 is 14.7 Å². The summed E-state index contributed by atoms with van der Waals surface area (Å²) < 4.78 is 11.2. The number of allylic oxidation sites excluding steroid dienone is 1. The minimum Gasteiger partial charge on any atom is -0.411 e. The van der Waals surface area contributed by atoms with Crippen molar-refractivity contribution in [2.24, 2.45) is 5.16 Å². The lowest BCUT2D eigenvalue weighted by Crippen LogP contribution is -2.20. The Bertz CT molecular complexity index is 376. The zero-order valence-corrected chi connectivity index (χ0v) is 11.2. The molecule has 1 rings (SSSR count). The Hall–Kier alpha value is -1.65. The topological polar surface area (TPSA) is 51.0 Å². The van der Waals surface area contributed by atoms with Gasteiger partial charge in [-0.1, -0.05) is 47.6 Å². The molecular formula is C15H21NO3. The lowest BCUT2D eigenvalue weighted by Gasteiger charge is -2.15. The molecule has 0 spiro atoms. The predicted molar refractivity (Wildman–Crippen MR) is 75.5 cm³/mol. The Balaban J connectivity index is 2.30. The maximum absolute atomic E-state index is 8.32. The van der Waals surface area contributed by atoms with E-state index in [1.165, 1.54) is 6.21 Å². The number of hydrogen-bond donors (Lipinski definition) is 1. The van der Waals surface area contributed by atoms with Gasteiger partial charge in [0, 0.05) is 0 Å². The highest BCUT2D eigenvalue weighted by Gasteiger charge is 2.07. The summed E-state index contributed by atoms with van der Waals surface area (Å²) in [6.07, 6.45) is 6.09. The summed E-state index contributed by atoms with van der Waals surface area (Å²) in [4.78, 5) is 0. The van der Waals surface area contributed by atoms with E-state index < -0.39 is 0 Å². The number of benzene rings is 1. The standard InChI is InChI=1S/C15H21NO3/c1-2-3-9-15(19-11-10-16-17)13-18-12-14-7-5-4-6-8-14/h2-8,10,15,17H,9,11-13H2,1H3/b3-2-,16-10-/t15-/m1/s1. The van der Waals surface area contributed by atoms with Gasteiger partial charge in [-0.05, 0) is 18.9 Å². The molecule has 1 N–H and O–H groups in total. The molecule has 0 aliphatic rings. The molecule has 0 amide bonds. The fraction of sp³-hybridized carbons (Fsp3) is 0.400. The van der Waals surface area contributed by atoms with Crippen LogP contribution in [-0.2, 0) is 16.1 Å². The highest BCUT2D eigenvalue weighted by Crippen LogP contribution is 2.05. The number of rotatable bonds is 9. The van der Waals surface area contributed by atoms with Crippen molar-refractivity contribution in [3.8, 4) is 0 Å². The molecule has 4 nitrogen and oxygen atoms in total. The molecule has 0 aliphatic heterocycles. The molecule has 1 aromatic carbocycles. The van der Waals surface area contributed by atoms with Crippen LogP contribution in [0.4, 0.5) is 0 Å². The van der Waals surface area contributed by atoms with E-state index in [1.54, 1.807) is 0 Å². The molecule has 0 saturated heterocycles. The lowest BCUT2D eigenvalue weighted by atomic mass is 10.2. The molecule has 0 aromatic heterocycles. The summed E-state index contributed by atoms with van der Waals surface area (Å²) in [5, 5.41) is 11.2. The van der Waals surface area contributed by atoms with Crippen LogP contribution in [0.2, 0.25) is 0 Å². The Morgan fingerprint density at radius 1 is 1.32 bits per heavy atom. The Morgan fingerprint density at radius 3 is 2.79 bits per heavy atom. The van der Waals surface area contributed by atoms with Crippen LogP contribution in [-0.4, -0.2) is 30.7 Å². The zero-order chi connectivity index (χ0) is 13.8. The van der Waals surface area contributed by atoms with Crippen LogP contribution in [0.25, 0.3) is 0 Å². The first kappa shape index (κ1) is 15.4. The first-order valence-electron chi connectivity index (χ1n) is 6.37. The van der Waals surface area contributed by atoms with Crippen LogP contribution < -0.4 is 0 Å². The third-order valence-corrected chi connectivity index (χ3v) is 2.54. The SMILES string of the molecule is C/C=C\C[C@H](COCc1ccccc1)OC/C=N\O. The van der Waals surface area contributed by atoms with E-state index in [0.29, 0.717) is 13.2 Å². The second-order valence-electron chi connectivity index (χ2n) is 4.06. The van der Waals surface area contributed by atoms with Crippen LogP contribution in [0, 0.1) is 0 Å². The third kappa shape index (κ3) is 7.39. The van der Waals surface area contributed by atoms with E-state index in [0.717, 1.165) is 12.0 Å². The molecule has 0 unspecified atom stereocenters. The molecule has 0 fully saturated rings. The molecule has 0 aliphatic carbocycles. The molecule has 0 saturated carbocycles.